The lowest BCUT2D eigenvalue weighted by Gasteiger charge is -2.04. The van der Waals surface area contributed by atoms with Crippen molar-refractivity contribution in [1.29, 1.82) is 0 Å². The van der Waals surface area contributed by atoms with E-state index in [1.54, 1.807) is 17.5 Å². The summed E-state index contributed by atoms with van der Waals surface area (Å²) in [7, 11) is 0. The van der Waals surface area contributed by atoms with E-state index in [4.69, 9.17) is 0 Å². The predicted octanol–water partition coefficient (Wildman–Crippen LogP) is 3.33. The summed E-state index contributed by atoms with van der Waals surface area (Å²) in [5.41, 5.74) is 1.55. The summed E-state index contributed by atoms with van der Waals surface area (Å²) < 4.78 is 0. The Hall–Kier alpha value is -2.25. The fourth-order valence-corrected chi connectivity index (χ4v) is 3.02. The molecule has 110 valence electrons. The topological polar surface area (TPSA) is 67.8 Å². The van der Waals surface area contributed by atoms with E-state index < -0.39 is 0 Å². The van der Waals surface area contributed by atoms with Crippen molar-refractivity contribution in [3.63, 3.8) is 0 Å². The monoisotopic (exact) mass is 328 g/mol. The molecule has 0 aliphatic heterocycles. The minimum atomic E-state index is -0.0960. The van der Waals surface area contributed by atoms with Crippen molar-refractivity contribution in [2.75, 3.05) is 11.1 Å². The molecule has 0 unspecified atom stereocenters. The van der Waals surface area contributed by atoms with Gasteiger partial charge in [-0.1, -0.05) is 36.0 Å². The van der Waals surface area contributed by atoms with Gasteiger partial charge in [-0.15, -0.1) is 16.4 Å². The van der Waals surface area contributed by atoms with Gasteiger partial charge in [-0.25, -0.2) is 4.98 Å². The van der Waals surface area contributed by atoms with E-state index in [1.807, 2.05) is 47.8 Å². The van der Waals surface area contributed by atoms with Gasteiger partial charge >= 0.3 is 0 Å². The number of hydrogen-bond acceptors (Lipinski definition) is 6. The number of rotatable bonds is 5. The first-order valence-corrected chi connectivity index (χ1v) is 8.39. The molecular weight excluding hydrogens is 316 g/mol. The van der Waals surface area contributed by atoms with Gasteiger partial charge in [0.1, 0.15) is 5.69 Å². The third-order valence-electron chi connectivity index (χ3n) is 2.70. The number of thioether (sulfide) groups is 1. The number of aromatic nitrogens is 3. The van der Waals surface area contributed by atoms with E-state index in [9.17, 15) is 4.79 Å². The van der Waals surface area contributed by atoms with Crippen molar-refractivity contribution in [2.45, 2.75) is 5.16 Å². The van der Waals surface area contributed by atoms with Gasteiger partial charge in [-0.05, 0) is 23.6 Å². The van der Waals surface area contributed by atoms with Crippen molar-refractivity contribution in [1.82, 2.24) is 15.2 Å². The van der Waals surface area contributed by atoms with Gasteiger partial charge < -0.3 is 5.32 Å². The molecule has 1 amide bonds. The van der Waals surface area contributed by atoms with Crippen LogP contribution in [0.15, 0.2) is 59.2 Å². The first-order chi connectivity index (χ1) is 10.8. The van der Waals surface area contributed by atoms with Gasteiger partial charge in [-0.3, -0.25) is 4.79 Å². The SMILES string of the molecule is O=C(CSc1nncc(-c2cccs2)n1)Nc1ccccc1. The second kappa shape index (κ2) is 7.15. The second-order valence-electron chi connectivity index (χ2n) is 4.30. The van der Waals surface area contributed by atoms with Crippen LogP contribution in [0.2, 0.25) is 0 Å². The van der Waals surface area contributed by atoms with E-state index in [1.165, 1.54) is 11.8 Å². The van der Waals surface area contributed by atoms with Crippen LogP contribution in [0.4, 0.5) is 5.69 Å². The number of hydrogen-bond donors (Lipinski definition) is 1. The molecule has 7 heteroatoms. The van der Waals surface area contributed by atoms with Gasteiger partial charge in [0.15, 0.2) is 0 Å². The van der Waals surface area contributed by atoms with E-state index in [0.29, 0.717) is 5.16 Å². The lowest BCUT2D eigenvalue weighted by molar-refractivity contribution is -0.113. The van der Waals surface area contributed by atoms with Crippen LogP contribution in [0.25, 0.3) is 10.6 Å². The second-order valence-corrected chi connectivity index (χ2v) is 6.19. The van der Waals surface area contributed by atoms with Gasteiger partial charge in [0.2, 0.25) is 11.1 Å². The molecule has 1 N–H and O–H groups in total. The number of nitrogens with one attached hydrogen (secondary N) is 1. The van der Waals surface area contributed by atoms with Crippen LogP contribution >= 0.6 is 23.1 Å². The highest BCUT2D eigenvalue weighted by atomic mass is 32.2. The number of carbonyl (C=O) groups is 1. The minimum Gasteiger partial charge on any atom is -0.325 e. The number of thiophene rings is 1. The standard InChI is InChI=1S/C15H12N4OS2/c20-14(17-11-5-2-1-3-6-11)10-22-15-18-12(9-16-19-15)13-7-4-8-21-13/h1-9H,10H2,(H,17,20). The van der Waals surface area contributed by atoms with Crippen molar-refractivity contribution in [2.24, 2.45) is 0 Å². The molecule has 2 aromatic heterocycles. The number of benzene rings is 1. The van der Waals surface area contributed by atoms with E-state index in [0.717, 1.165) is 16.3 Å². The Morgan fingerprint density at radius 3 is 2.82 bits per heavy atom. The molecule has 0 radical (unpaired) electrons. The fourth-order valence-electron chi connectivity index (χ4n) is 1.74. The summed E-state index contributed by atoms with van der Waals surface area (Å²) >= 11 is 2.86. The van der Waals surface area contributed by atoms with E-state index in [2.05, 4.69) is 20.5 Å². The molecule has 0 atom stereocenters. The van der Waals surface area contributed by atoms with Gasteiger partial charge in [0, 0.05) is 5.69 Å². The molecule has 3 aromatic rings. The molecule has 0 aliphatic rings. The molecule has 0 spiro atoms. The maximum absolute atomic E-state index is 11.9. The average molecular weight is 328 g/mol. The quantitative estimate of drug-likeness (QED) is 0.728. The maximum atomic E-state index is 11.9. The first-order valence-electron chi connectivity index (χ1n) is 6.52. The zero-order chi connectivity index (χ0) is 15.2. The van der Waals surface area contributed by atoms with Crippen LogP contribution in [0, 0.1) is 0 Å². The average Bonchev–Trinajstić information content (AvgIpc) is 3.09. The Morgan fingerprint density at radius 2 is 2.05 bits per heavy atom. The zero-order valence-corrected chi connectivity index (χ0v) is 13.1. The highest BCUT2D eigenvalue weighted by Gasteiger charge is 2.08. The van der Waals surface area contributed by atoms with Gasteiger partial charge in [-0.2, -0.15) is 5.10 Å². The predicted molar refractivity (Wildman–Crippen MR) is 88.9 cm³/mol. The van der Waals surface area contributed by atoms with Crippen LogP contribution in [0.1, 0.15) is 0 Å². The number of para-hydroxylation sites is 1. The molecule has 1 aromatic carbocycles. The molecule has 2 heterocycles. The molecule has 5 nitrogen and oxygen atoms in total. The summed E-state index contributed by atoms with van der Waals surface area (Å²) in [4.78, 5) is 17.3. The molecule has 0 fully saturated rings. The molecule has 0 saturated heterocycles. The number of amides is 1. The number of carbonyl (C=O) groups excluding carboxylic acids is 1. The third kappa shape index (κ3) is 3.90. The summed E-state index contributed by atoms with van der Waals surface area (Å²) in [5, 5.41) is 13.2. The summed E-state index contributed by atoms with van der Waals surface area (Å²) in [5.74, 6) is 0.145. The zero-order valence-electron chi connectivity index (χ0n) is 11.5. The molecule has 0 saturated carbocycles. The Kier molecular flexibility index (Phi) is 4.77. The van der Waals surface area contributed by atoms with Crippen LogP contribution in [-0.4, -0.2) is 26.8 Å². The van der Waals surface area contributed by atoms with Crippen molar-refractivity contribution < 1.29 is 4.79 Å². The third-order valence-corrected chi connectivity index (χ3v) is 4.43. The lowest BCUT2D eigenvalue weighted by atomic mass is 10.3. The van der Waals surface area contributed by atoms with E-state index >= 15 is 0 Å². The minimum absolute atomic E-state index is 0.0960. The van der Waals surface area contributed by atoms with Crippen molar-refractivity contribution >= 4 is 34.7 Å². The molecular formula is C15H12N4OS2. The van der Waals surface area contributed by atoms with Crippen LogP contribution in [-0.2, 0) is 4.79 Å². The lowest BCUT2D eigenvalue weighted by Crippen LogP contribution is -2.14. The smallest absolute Gasteiger partial charge is 0.234 e. The van der Waals surface area contributed by atoms with Crippen molar-refractivity contribution in [3.05, 3.63) is 54.0 Å². The summed E-state index contributed by atoms with van der Waals surface area (Å²) in [6.07, 6.45) is 1.62. The van der Waals surface area contributed by atoms with Crippen LogP contribution in [0.3, 0.4) is 0 Å². The number of nitrogens with zero attached hydrogens (tertiary/aromatic N) is 3. The highest BCUT2D eigenvalue weighted by Crippen LogP contribution is 2.23. The largest absolute Gasteiger partial charge is 0.325 e. The Balaban J connectivity index is 1.60. The Labute approximate surface area is 135 Å². The fraction of sp³-hybridized carbons (Fsp3) is 0.0667. The van der Waals surface area contributed by atoms with E-state index in [-0.39, 0.29) is 11.7 Å². The van der Waals surface area contributed by atoms with Crippen LogP contribution in [0.5, 0.6) is 0 Å². The van der Waals surface area contributed by atoms with Crippen LogP contribution < -0.4 is 5.32 Å². The van der Waals surface area contributed by atoms with Crippen molar-refractivity contribution in [3.8, 4) is 10.6 Å². The highest BCUT2D eigenvalue weighted by molar-refractivity contribution is 7.99. The first kappa shape index (κ1) is 14.7. The molecule has 22 heavy (non-hydrogen) atoms. The van der Waals surface area contributed by atoms with Gasteiger partial charge in [0.05, 0.1) is 16.8 Å². The Morgan fingerprint density at radius 1 is 1.18 bits per heavy atom. The molecule has 3 rings (SSSR count). The Bertz CT molecular complexity index is 747. The summed E-state index contributed by atoms with van der Waals surface area (Å²) in [6, 6.07) is 13.3. The molecule has 0 aliphatic carbocycles. The number of anilines is 1. The molecule has 0 bridgehead atoms. The van der Waals surface area contributed by atoms with Gasteiger partial charge in [0.25, 0.3) is 0 Å². The summed E-state index contributed by atoms with van der Waals surface area (Å²) in [6.45, 7) is 0. The normalized spacial score (nSPS) is 10.4. The maximum Gasteiger partial charge on any atom is 0.234 e.